The Morgan fingerprint density at radius 2 is 1.72 bits per heavy atom. The Bertz CT molecular complexity index is 561. The molecule has 0 fully saturated rings. The van der Waals surface area contributed by atoms with Crippen molar-refractivity contribution in [3.63, 3.8) is 0 Å². The van der Waals surface area contributed by atoms with Crippen molar-refractivity contribution < 1.29 is 9.47 Å². The second kappa shape index (κ2) is 5.53. The van der Waals surface area contributed by atoms with Crippen LogP contribution in [0.2, 0.25) is 0 Å². The van der Waals surface area contributed by atoms with E-state index in [1.54, 1.807) is 31.4 Å². The molecule has 0 atom stereocenters. The summed E-state index contributed by atoms with van der Waals surface area (Å²) in [6.07, 6.45) is 0. The van der Waals surface area contributed by atoms with Crippen LogP contribution in [-0.4, -0.2) is 17.3 Å². The molecule has 1 aromatic heterocycles. The minimum Gasteiger partial charge on any atom is -0.496 e. The number of halogens is 2. The summed E-state index contributed by atoms with van der Waals surface area (Å²) in [6.45, 7) is 0. The van der Waals surface area contributed by atoms with E-state index in [0.29, 0.717) is 23.2 Å². The summed E-state index contributed by atoms with van der Waals surface area (Å²) in [5, 5.41) is 7.53. The quantitative estimate of drug-likeness (QED) is 0.891. The normalized spacial score (nSPS) is 10.2. The largest absolute Gasteiger partial charge is 0.496 e. The number of aromatic nitrogens is 2. The Kier molecular flexibility index (Phi) is 4.03. The van der Waals surface area contributed by atoms with Crippen molar-refractivity contribution >= 4 is 37.7 Å². The van der Waals surface area contributed by atoms with Gasteiger partial charge in [-0.2, -0.15) is 0 Å². The van der Waals surface area contributed by atoms with Crippen molar-refractivity contribution in [1.82, 2.24) is 10.2 Å². The highest BCUT2D eigenvalue weighted by Crippen LogP contribution is 2.37. The third kappa shape index (κ3) is 2.91. The molecule has 0 spiro atoms. The standard InChI is InChI=1S/C11H9Br2N3O2/c1-17-8-4-7(13)9(5-6(8)12)18-11-3-2-10(14)15-16-11/h2-5H,1H3,(H2,14,15). The van der Waals surface area contributed by atoms with Crippen molar-refractivity contribution in [3.8, 4) is 17.4 Å². The lowest BCUT2D eigenvalue weighted by Crippen LogP contribution is -1.95. The molecule has 0 saturated carbocycles. The van der Waals surface area contributed by atoms with E-state index < -0.39 is 0 Å². The van der Waals surface area contributed by atoms with Gasteiger partial charge < -0.3 is 15.2 Å². The first-order chi connectivity index (χ1) is 8.60. The van der Waals surface area contributed by atoms with Crippen LogP contribution in [0.3, 0.4) is 0 Å². The second-order valence-electron chi connectivity index (χ2n) is 3.32. The number of anilines is 1. The Labute approximate surface area is 121 Å². The molecule has 1 heterocycles. The monoisotopic (exact) mass is 373 g/mol. The van der Waals surface area contributed by atoms with Crippen LogP contribution >= 0.6 is 31.9 Å². The van der Waals surface area contributed by atoms with Gasteiger partial charge in [0.1, 0.15) is 17.3 Å². The lowest BCUT2D eigenvalue weighted by atomic mass is 10.3. The van der Waals surface area contributed by atoms with E-state index in [1.165, 1.54) is 0 Å². The summed E-state index contributed by atoms with van der Waals surface area (Å²) in [4.78, 5) is 0. The SMILES string of the molecule is COc1cc(Br)c(Oc2ccc(N)nn2)cc1Br. The van der Waals surface area contributed by atoms with E-state index in [1.807, 2.05) is 0 Å². The van der Waals surface area contributed by atoms with E-state index in [-0.39, 0.29) is 0 Å². The van der Waals surface area contributed by atoms with Gasteiger partial charge in [0.15, 0.2) is 0 Å². The first-order valence-corrected chi connectivity index (χ1v) is 6.49. The van der Waals surface area contributed by atoms with Crippen molar-refractivity contribution in [2.45, 2.75) is 0 Å². The first-order valence-electron chi connectivity index (χ1n) is 4.90. The van der Waals surface area contributed by atoms with E-state index in [9.17, 15) is 0 Å². The molecule has 2 aromatic rings. The Hall–Kier alpha value is -1.34. The van der Waals surface area contributed by atoms with Crippen LogP contribution in [0, 0.1) is 0 Å². The summed E-state index contributed by atoms with van der Waals surface area (Å²) in [5.41, 5.74) is 5.45. The van der Waals surface area contributed by atoms with Crippen molar-refractivity contribution in [2.75, 3.05) is 12.8 Å². The zero-order chi connectivity index (χ0) is 13.1. The Balaban J connectivity index is 2.29. The molecule has 0 aliphatic carbocycles. The third-order valence-electron chi connectivity index (χ3n) is 2.08. The predicted octanol–water partition coefficient (Wildman–Crippen LogP) is 3.38. The molecule has 0 unspecified atom stereocenters. The van der Waals surface area contributed by atoms with Gasteiger partial charge in [-0.25, -0.2) is 0 Å². The van der Waals surface area contributed by atoms with Gasteiger partial charge >= 0.3 is 0 Å². The van der Waals surface area contributed by atoms with Gasteiger partial charge in [-0.3, -0.25) is 0 Å². The fraction of sp³-hybridized carbons (Fsp3) is 0.0909. The summed E-state index contributed by atoms with van der Waals surface area (Å²) in [5.74, 6) is 2.01. The number of nitrogen functional groups attached to an aromatic ring is 1. The number of methoxy groups -OCH3 is 1. The number of benzene rings is 1. The fourth-order valence-corrected chi connectivity index (χ4v) is 2.13. The van der Waals surface area contributed by atoms with E-state index in [2.05, 4.69) is 42.1 Å². The highest BCUT2D eigenvalue weighted by atomic mass is 79.9. The van der Waals surface area contributed by atoms with Crippen molar-refractivity contribution in [2.24, 2.45) is 0 Å². The molecule has 94 valence electrons. The minimum atomic E-state index is 0.345. The molecule has 2 N–H and O–H groups in total. The lowest BCUT2D eigenvalue weighted by molar-refractivity contribution is 0.408. The van der Waals surface area contributed by atoms with Gasteiger partial charge in [0.05, 0.1) is 16.1 Å². The van der Waals surface area contributed by atoms with Gasteiger partial charge in [0.25, 0.3) is 0 Å². The molecule has 0 amide bonds. The summed E-state index contributed by atoms with van der Waals surface area (Å²) >= 11 is 6.78. The second-order valence-corrected chi connectivity index (χ2v) is 5.02. The molecule has 0 bridgehead atoms. The van der Waals surface area contributed by atoms with Crippen LogP contribution in [-0.2, 0) is 0 Å². The summed E-state index contributed by atoms with van der Waals surface area (Å²) < 4.78 is 12.3. The molecular weight excluding hydrogens is 366 g/mol. The average molecular weight is 375 g/mol. The van der Waals surface area contributed by atoms with Crippen LogP contribution < -0.4 is 15.2 Å². The zero-order valence-corrected chi connectivity index (χ0v) is 12.5. The van der Waals surface area contributed by atoms with Crippen LogP contribution in [0.1, 0.15) is 0 Å². The van der Waals surface area contributed by atoms with Gasteiger partial charge in [-0.05, 0) is 50.1 Å². The Morgan fingerprint density at radius 1 is 1.06 bits per heavy atom. The number of ether oxygens (including phenoxy) is 2. The molecule has 2 rings (SSSR count). The van der Waals surface area contributed by atoms with Crippen LogP contribution in [0.15, 0.2) is 33.2 Å². The summed E-state index contributed by atoms with van der Waals surface area (Å²) in [7, 11) is 1.60. The molecule has 5 nitrogen and oxygen atoms in total. The van der Waals surface area contributed by atoms with Crippen LogP contribution in [0.25, 0.3) is 0 Å². The average Bonchev–Trinajstić information content (AvgIpc) is 2.36. The molecule has 0 radical (unpaired) electrons. The zero-order valence-electron chi connectivity index (χ0n) is 9.35. The molecule has 7 heteroatoms. The topological polar surface area (TPSA) is 70.3 Å². The maximum absolute atomic E-state index is 5.58. The van der Waals surface area contributed by atoms with Crippen molar-refractivity contribution in [1.29, 1.82) is 0 Å². The van der Waals surface area contributed by atoms with Gasteiger partial charge in [-0.1, -0.05) is 0 Å². The molecule has 0 aliphatic heterocycles. The molecular formula is C11H9Br2N3O2. The van der Waals surface area contributed by atoms with Crippen LogP contribution in [0.4, 0.5) is 5.82 Å². The third-order valence-corrected chi connectivity index (χ3v) is 3.32. The molecule has 18 heavy (non-hydrogen) atoms. The first kappa shape index (κ1) is 13.1. The van der Waals surface area contributed by atoms with Gasteiger partial charge in [0.2, 0.25) is 5.88 Å². The van der Waals surface area contributed by atoms with E-state index in [4.69, 9.17) is 15.2 Å². The molecule has 0 aliphatic rings. The molecule has 1 aromatic carbocycles. The van der Waals surface area contributed by atoms with Crippen LogP contribution in [0.5, 0.6) is 17.4 Å². The maximum Gasteiger partial charge on any atom is 0.239 e. The predicted molar refractivity (Wildman–Crippen MR) is 74.9 cm³/mol. The highest BCUT2D eigenvalue weighted by molar-refractivity contribution is 9.11. The number of rotatable bonds is 3. The van der Waals surface area contributed by atoms with Gasteiger partial charge in [-0.15, -0.1) is 10.2 Å². The molecule has 0 saturated heterocycles. The van der Waals surface area contributed by atoms with Crippen molar-refractivity contribution in [3.05, 3.63) is 33.2 Å². The van der Waals surface area contributed by atoms with E-state index in [0.717, 1.165) is 8.95 Å². The number of hydrogen-bond acceptors (Lipinski definition) is 5. The fourth-order valence-electron chi connectivity index (χ4n) is 1.24. The number of nitrogens with zero attached hydrogens (tertiary/aromatic N) is 2. The summed E-state index contributed by atoms with van der Waals surface area (Å²) in [6, 6.07) is 6.84. The van der Waals surface area contributed by atoms with Gasteiger partial charge in [0, 0.05) is 6.07 Å². The van der Waals surface area contributed by atoms with E-state index >= 15 is 0 Å². The lowest BCUT2D eigenvalue weighted by Gasteiger charge is -2.09. The highest BCUT2D eigenvalue weighted by Gasteiger charge is 2.09. The smallest absolute Gasteiger partial charge is 0.239 e. The number of nitrogens with two attached hydrogens (primary N) is 1. The minimum absolute atomic E-state index is 0.345. The number of hydrogen-bond donors (Lipinski definition) is 1. The Morgan fingerprint density at radius 3 is 2.33 bits per heavy atom. The maximum atomic E-state index is 5.58.